The van der Waals surface area contributed by atoms with Crippen LogP contribution in [0.1, 0.15) is 57.5 Å². The molecule has 0 atom stereocenters. The molecule has 1 aromatic heterocycles. The van der Waals surface area contributed by atoms with Crippen LogP contribution in [0.3, 0.4) is 0 Å². The number of rotatable bonds is 4. The number of nitrogens with one attached hydrogen (secondary N) is 1. The summed E-state index contributed by atoms with van der Waals surface area (Å²) >= 11 is 1.56. The number of urea groups is 1. The average Bonchev–Trinajstić information content (AvgIpc) is 2.67. The zero-order valence-electron chi connectivity index (χ0n) is 16.7. The second kappa shape index (κ2) is 7.62. The van der Waals surface area contributed by atoms with Gasteiger partial charge in [0.05, 0.1) is 6.61 Å². The van der Waals surface area contributed by atoms with Gasteiger partial charge in [-0.3, -0.25) is 0 Å². The molecule has 5 nitrogen and oxygen atoms in total. The SMILES string of the molecule is COCCn1c(C)c(C)sc1=NC(=O)NC1CC(C)(C)CC(C)(C)C1. The molecule has 0 unspecified atom stereocenters. The van der Waals surface area contributed by atoms with Crippen molar-refractivity contribution in [1.82, 2.24) is 9.88 Å². The van der Waals surface area contributed by atoms with Crippen LogP contribution in [0.15, 0.2) is 4.99 Å². The lowest BCUT2D eigenvalue weighted by Gasteiger charge is -2.44. The molecule has 1 aromatic rings. The highest BCUT2D eigenvalue weighted by Gasteiger charge is 2.38. The Balaban J connectivity index is 2.16. The van der Waals surface area contributed by atoms with Gasteiger partial charge in [-0.15, -0.1) is 11.3 Å². The number of aryl methyl sites for hydroxylation is 1. The lowest BCUT2D eigenvalue weighted by Crippen LogP contribution is -2.45. The second-order valence-corrected chi connectivity index (χ2v) is 10.0. The van der Waals surface area contributed by atoms with Gasteiger partial charge in [-0.25, -0.2) is 4.79 Å². The maximum Gasteiger partial charge on any atom is 0.343 e. The molecule has 1 saturated carbocycles. The normalized spacial score (nSPS) is 20.7. The molecule has 1 N–H and O–H groups in total. The molecule has 1 fully saturated rings. The molecule has 0 aliphatic heterocycles. The zero-order chi connectivity index (χ0) is 18.8. The van der Waals surface area contributed by atoms with Gasteiger partial charge in [-0.1, -0.05) is 27.7 Å². The lowest BCUT2D eigenvalue weighted by atomic mass is 9.63. The number of hydrogen-bond acceptors (Lipinski definition) is 3. The molecule has 2 rings (SSSR count). The van der Waals surface area contributed by atoms with E-state index in [9.17, 15) is 4.79 Å². The van der Waals surface area contributed by atoms with Gasteiger partial charge in [0.15, 0.2) is 4.80 Å². The molecule has 1 heterocycles. The number of aromatic nitrogens is 1. The number of nitrogens with zero attached hydrogens (tertiary/aromatic N) is 2. The summed E-state index contributed by atoms with van der Waals surface area (Å²) in [5.41, 5.74) is 1.64. The first-order valence-corrected chi connectivity index (χ1v) is 9.86. The van der Waals surface area contributed by atoms with Crippen molar-refractivity contribution in [3.05, 3.63) is 15.4 Å². The van der Waals surface area contributed by atoms with E-state index in [-0.39, 0.29) is 22.9 Å². The Morgan fingerprint density at radius 1 is 1.28 bits per heavy atom. The number of ether oxygens (including phenoxy) is 1. The summed E-state index contributed by atoms with van der Waals surface area (Å²) in [6.07, 6.45) is 3.19. The number of thiazole rings is 1. The van der Waals surface area contributed by atoms with Crippen molar-refractivity contribution in [2.24, 2.45) is 15.8 Å². The van der Waals surface area contributed by atoms with Gasteiger partial charge in [-0.2, -0.15) is 4.99 Å². The highest BCUT2D eigenvalue weighted by molar-refractivity contribution is 7.09. The Hall–Kier alpha value is -1.14. The fourth-order valence-corrected chi connectivity index (χ4v) is 5.37. The van der Waals surface area contributed by atoms with Crippen molar-refractivity contribution in [3.63, 3.8) is 0 Å². The molecular formula is C19H33N3O2S. The van der Waals surface area contributed by atoms with E-state index >= 15 is 0 Å². The molecule has 0 spiro atoms. The predicted molar refractivity (Wildman–Crippen MR) is 103 cm³/mol. The van der Waals surface area contributed by atoms with Crippen molar-refractivity contribution < 1.29 is 9.53 Å². The molecular weight excluding hydrogens is 334 g/mol. The smallest absolute Gasteiger partial charge is 0.343 e. The van der Waals surface area contributed by atoms with Gasteiger partial charge < -0.3 is 14.6 Å². The Morgan fingerprint density at radius 2 is 1.88 bits per heavy atom. The number of amides is 2. The summed E-state index contributed by atoms with van der Waals surface area (Å²) in [6.45, 7) is 14.6. The highest BCUT2D eigenvalue weighted by atomic mass is 32.1. The minimum Gasteiger partial charge on any atom is -0.383 e. The Kier molecular flexibility index (Phi) is 6.15. The predicted octanol–water partition coefficient (Wildman–Crippen LogP) is 4.03. The van der Waals surface area contributed by atoms with Crippen LogP contribution in [0.25, 0.3) is 0 Å². The van der Waals surface area contributed by atoms with Crippen LogP contribution in [-0.2, 0) is 11.3 Å². The number of methoxy groups -OCH3 is 1. The Morgan fingerprint density at radius 3 is 2.44 bits per heavy atom. The summed E-state index contributed by atoms with van der Waals surface area (Å²) in [5.74, 6) is 0. The highest BCUT2D eigenvalue weighted by Crippen LogP contribution is 2.45. The molecule has 1 aliphatic carbocycles. The van der Waals surface area contributed by atoms with Crippen LogP contribution in [0.4, 0.5) is 4.79 Å². The molecule has 6 heteroatoms. The lowest BCUT2D eigenvalue weighted by molar-refractivity contribution is 0.0889. The fourth-order valence-electron chi connectivity index (χ4n) is 4.37. The van der Waals surface area contributed by atoms with Crippen LogP contribution in [0.2, 0.25) is 0 Å². The summed E-state index contributed by atoms with van der Waals surface area (Å²) < 4.78 is 7.25. The third-order valence-corrected chi connectivity index (χ3v) is 6.08. The summed E-state index contributed by atoms with van der Waals surface area (Å²) in [5, 5.41) is 3.15. The monoisotopic (exact) mass is 367 g/mol. The van der Waals surface area contributed by atoms with E-state index in [1.165, 1.54) is 11.3 Å². The molecule has 25 heavy (non-hydrogen) atoms. The topological polar surface area (TPSA) is 55.6 Å². The quantitative estimate of drug-likeness (QED) is 0.873. The van der Waals surface area contributed by atoms with Crippen LogP contribution in [0, 0.1) is 24.7 Å². The minimum absolute atomic E-state index is 0.185. The molecule has 0 bridgehead atoms. The third kappa shape index (κ3) is 5.42. The van der Waals surface area contributed by atoms with Gasteiger partial charge in [0.2, 0.25) is 0 Å². The van der Waals surface area contributed by atoms with Crippen molar-refractivity contribution >= 4 is 17.4 Å². The molecule has 0 radical (unpaired) electrons. The first-order valence-electron chi connectivity index (χ1n) is 9.04. The Bertz CT molecular complexity index is 669. The summed E-state index contributed by atoms with van der Waals surface area (Å²) in [7, 11) is 1.69. The maximum atomic E-state index is 12.5. The molecule has 2 amide bonds. The maximum absolute atomic E-state index is 12.5. The average molecular weight is 368 g/mol. The molecule has 1 aliphatic rings. The van der Waals surface area contributed by atoms with E-state index in [1.54, 1.807) is 18.4 Å². The van der Waals surface area contributed by atoms with E-state index in [1.807, 2.05) is 0 Å². The number of carbonyl (C=O) groups excluding carboxylic acids is 1. The van der Waals surface area contributed by atoms with E-state index in [0.717, 1.165) is 23.3 Å². The zero-order valence-corrected chi connectivity index (χ0v) is 17.5. The van der Waals surface area contributed by atoms with Crippen LogP contribution in [0.5, 0.6) is 0 Å². The van der Waals surface area contributed by atoms with Crippen molar-refractivity contribution in [1.29, 1.82) is 0 Å². The first kappa shape index (κ1) is 20.2. The van der Waals surface area contributed by atoms with Crippen molar-refractivity contribution in [2.45, 2.75) is 73.4 Å². The standard InChI is InChI=1S/C19H33N3O2S/c1-13-14(2)25-17(22(13)8-9-24-7)21-16(23)20-15-10-18(3,4)12-19(5,6)11-15/h15H,8-12H2,1-7H3,(H,20,23). The van der Waals surface area contributed by atoms with Gasteiger partial charge in [0.1, 0.15) is 0 Å². The minimum atomic E-state index is -0.231. The Labute approximate surface area is 155 Å². The molecule has 142 valence electrons. The van der Waals surface area contributed by atoms with Crippen LogP contribution >= 0.6 is 11.3 Å². The van der Waals surface area contributed by atoms with Crippen molar-refractivity contribution in [3.8, 4) is 0 Å². The van der Waals surface area contributed by atoms with E-state index in [0.29, 0.717) is 13.2 Å². The second-order valence-electron chi connectivity index (χ2n) is 8.84. The van der Waals surface area contributed by atoms with Crippen molar-refractivity contribution in [2.75, 3.05) is 13.7 Å². The van der Waals surface area contributed by atoms with E-state index in [4.69, 9.17) is 4.74 Å². The number of hydrogen-bond donors (Lipinski definition) is 1. The van der Waals surface area contributed by atoms with Gasteiger partial charge >= 0.3 is 6.03 Å². The van der Waals surface area contributed by atoms with Gasteiger partial charge in [0, 0.05) is 30.3 Å². The first-order chi connectivity index (χ1) is 11.5. The number of carbonyl (C=O) groups is 1. The van der Waals surface area contributed by atoms with Crippen LogP contribution in [-0.4, -0.2) is 30.4 Å². The fraction of sp³-hybridized carbons (Fsp3) is 0.789. The van der Waals surface area contributed by atoms with E-state index in [2.05, 4.69) is 56.4 Å². The largest absolute Gasteiger partial charge is 0.383 e. The van der Waals surface area contributed by atoms with Gasteiger partial charge in [-0.05, 0) is 43.9 Å². The molecule has 0 aromatic carbocycles. The van der Waals surface area contributed by atoms with Gasteiger partial charge in [0.25, 0.3) is 0 Å². The van der Waals surface area contributed by atoms with E-state index < -0.39 is 0 Å². The summed E-state index contributed by atoms with van der Waals surface area (Å²) in [6, 6.07) is -0.0458. The summed E-state index contributed by atoms with van der Waals surface area (Å²) in [4.78, 5) is 18.8. The van der Waals surface area contributed by atoms with Crippen LogP contribution < -0.4 is 10.1 Å². The molecule has 0 saturated heterocycles. The third-order valence-electron chi connectivity index (χ3n) is 4.99.